The Morgan fingerprint density at radius 1 is 1.28 bits per heavy atom. The topological polar surface area (TPSA) is 86.2 Å². The largest absolute Gasteiger partial charge is 0.488 e. The number of amides is 1. The van der Waals surface area contributed by atoms with Crippen molar-refractivity contribution in [1.29, 1.82) is 0 Å². The lowest BCUT2D eigenvalue weighted by atomic mass is 10.1. The van der Waals surface area contributed by atoms with Crippen molar-refractivity contribution in [2.75, 3.05) is 13.2 Å². The lowest BCUT2D eigenvalue weighted by molar-refractivity contribution is 0.0949. The second kappa shape index (κ2) is 8.86. The lowest BCUT2D eigenvalue weighted by Gasteiger charge is -2.14. The van der Waals surface area contributed by atoms with Crippen LogP contribution in [0.15, 0.2) is 36.8 Å². The molecule has 0 bridgehead atoms. The maximum Gasteiger partial charge on any atom is 0.251 e. The van der Waals surface area contributed by atoms with Gasteiger partial charge in [-0.15, -0.1) is 11.3 Å². The Morgan fingerprint density at radius 3 is 2.86 bits per heavy atom. The third-order valence-corrected chi connectivity index (χ3v) is 5.51. The first-order valence-electron chi connectivity index (χ1n) is 9.14. The van der Waals surface area contributed by atoms with Crippen LogP contribution in [0.4, 0.5) is 0 Å². The first kappa shape index (κ1) is 19.8. The van der Waals surface area contributed by atoms with Crippen molar-refractivity contribution in [2.24, 2.45) is 0 Å². The standard InChI is InChI=1S/C20H19ClN4O3S/c1-12-7-23-15(8-22-12)9-24-19(26)13-4-14(20-25-10-18(21)29-20)6-17(5-13)28-16-2-3-27-11-16/h4-8,10,16H,2-3,9,11H2,1H3,(H,24,26)/t16-/m1/s1. The molecule has 3 aromatic rings. The highest BCUT2D eigenvalue weighted by Crippen LogP contribution is 2.32. The van der Waals surface area contributed by atoms with E-state index in [1.54, 1.807) is 30.7 Å². The Labute approximate surface area is 177 Å². The number of carbonyl (C=O) groups excluding carboxylic acids is 1. The number of carbonyl (C=O) groups is 1. The molecule has 0 saturated carbocycles. The Bertz CT molecular complexity index is 1000. The normalized spacial score (nSPS) is 16.0. The average molecular weight is 431 g/mol. The van der Waals surface area contributed by atoms with E-state index < -0.39 is 0 Å². The van der Waals surface area contributed by atoms with Gasteiger partial charge in [0, 0.05) is 23.7 Å². The Hall–Kier alpha value is -2.55. The van der Waals surface area contributed by atoms with E-state index >= 15 is 0 Å². The highest BCUT2D eigenvalue weighted by molar-refractivity contribution is 7.18. The van der Waals surface area contributed by atoms with Gasteiger partial charge in [0.05, 0.1) is 43.5 Å². The highest BCUT2D eigenvalue weighted by Gasteiger charge is 2.19. The molecule has 0 unspecified atom stereocenters. The molecule has 1 atom stereocenters. The number of nitrogens with one attached hydrogen (secondary N) is 1. The summed E-state index contributed by atoms with van der Waals surface area (Å²) in [6.45, 7) is 3.37. The minimum atomic E-state index is -0.232. The van der Waals surface area contributed by atoms with Crippen LogP contribution in [0.25, 0.3) is 10.6 Å². The van der Waals surface area contributed by atoms with Crippen molar-refractivity contribution >= 4 is 28.8 Å². The van der Waals surface area contributed by atoms with Gasteiger partial charge in [-0.05, 0) is 25.1 Å². The second-order valence-corrected chi connectivity index (χ2v) is 8.31. The summed E-state index contributed by atoms with van der Waals surface area (Å²) in [6, 6.07) is 5.38. The molecule has 1 aromatic carbocycles. The molecule has 4 rings (SSSR count). The molecule has 0 radical (unpaired) electrons. The van der Waals surface area contributed by atoms with Gasteiger partial charge in [-0.3, -0.25) is 14.8 Å². The van der Waals surface area contributed by atoms with Crippen molar-refractivity contribution in [3.8, 4) is 16.3 Å². The molecular formula is C20H19ClN4O3S. The minimum absolute atomic E-state index is 0.0242. The van der Waals surface area contributed by atoms with Gasteiger partial charge in [0.25, 0.3) is 5.91 Å². The van der Waals surface area contributed by atoms with Crippen LogP contribution in [-0.4, -0.2) is 40.2 Å². The van der Waals surface area contributed by atoms with Crippen LogP contribution in [0.2, 0.25) is 4.34 Å². The molecule has 1 aliphatic rings. The monoisotopic (exact) mass is 430 g/mol. The molecular weight excluding hydrogens is 412 g/mol. The van der Waals surface area contributed by atoms with E-state index in [0.717, 1.165) is 22.7 Å². The number of halogens is 1. The minimum Gasteiger partial charge on any atom is -0.488 e. The molecule has 7 nitrogen and oxygen atoms in total. The van der Waals surface area contributed by atoms with E-state index in [9.17, 15) is 4.79 Å². The van der Waals surface area contributed by atoms with Crippen molar-refractivity contribution in [1.82, 2.24) is 20.3 Å². The third-order valence-electron chi connectivity index (χ3n) is 4.35. The van der Waals surface area contributed by atoms with Crippen molar-refractivity contribution in [3.05, 3.63) is 58.1 Å². The highest BCUT2D eigenvalue weighted by atomic mass is 35.5. The summed E-state index contributed by atoms with van der Waals surface area (Å²) in [5.74, 6) is 0.369. The molecule has 1 fully saturated rings. The van der Waals surface area contributed by atoms with Crippen LogP contribution in [-0.2, 0) is 11.3 Å². The summed E-state index contributed by atoms with van der Waals surface area (Å²) >= 11 is 7.38. The Morgan fingerprint density at radius 2 is 2.17 bits per heavy atom. The van der Waals surface area contributed by atoms with Gasteiger partial charge >= 0.3 is 0 Å². The van der Waals surface area contributed by atoms with E-state index in [-0.39, 0.29) is 18.6 Å². The first-order chi connectivity index (χ1) is 14.1. The lowest BCUT2D eigenvalue weighted by Crippen LogP contribution is -2.24. The first-order valence-corrected chi connectivity index (χ1v) is 10.3. The number of thiazole rings is 1. The summed E-state index contributed by atoms with van der Waals surface area (Å²) in [6.07, 6.45) is 5.71. The fourth-order valence-corrected chi connectivity index (χ4v) is 3.79. The van der Waals surface area contributed by atoms with Gasteiger partial charge in [-0.1, -0.05) is 11.6 Å². The van der Waals surface area contributed by atoms with Crippen LogP contribution >= 0.6 is 22.9 Å². The molecule has 9 heteroatoms. The number of ether oxygens (including phenoxy) is 2. The second-order valence-electron chi connectivity index (χ2n) is 6.65. The summed E-state index contributed by atoms with van der Waals surface area (Å²) in [4.78, 5) is 25.5. The average Bonchev–Trinajstić information content (AvgIpc) is 3.39. The van der Waals surface area contributed by atoms with Gasteiger partial charge in [0.2, 0.25) is 0 Å². The third kappa shape index (κ3) is 5.09. The van der Waals surface area contributed by atoms with E-state index in [4.69, 9.17) is 21.1 Å². The van der Waals surface area contributed by atoms with E-state index in [1.165, 1.54) is 11.3 Å². The number of hydrogen-bond acceptors (Lipinski definition) is 7. The van der Waals surface area contributed by atoms with Gasteiger partial charge in [-0.25, -0.2) is 4.98 Å². The number of benzene rings is 1. The fourth-order valence-electron chi connectivity index (χ4n) is 2.89. The van der Waals surface area contributed by atoms with Gasteiger partial charge < -0.3 is 14.8 Å². The van der Waals surface area contributed by atoms with Crippen LogP contribution in [0, 0.1) is 6.92 Å². The van der Waals surface area contributed by atoms with Crippen LogP contribution in [0.5, 0.6) is 5.75 Å². The number of rotatable bonds is 6. The van der Waals surface area contributed by atoms with Crippen molar-refractivity contribution < 1.29 is 14.3 Å². The van der Waals surface area contributed by atoms with E-state index in [1.807, 2.05) is 13.0 Å². The number of nitrogens with zero attached hydrogens (tertiary/aromatic N) is 3. The zero-order valence-electron chi connectivity index (χ0n) is 15.7. The molecule has 1 saturated heterocycles. The van der Waals surface area contributed by atoms with Crippen LogP contribution in [0.3, 0.4) is 0 Å². The molecule has 1 amide bonds. The smallest absolute Gasteiger partial charge is 0.251 e. The SMILES string of the molecule is Cc1cnc(CNC(=O)c2cc(O[C@@H]3CCOC3)cc(-c3ncc(Cl)s3)c2)cn1. The number of aromatic nitrogens is 3. The quantitative estimate of drug-likeness (QED) is 0.642. The predicted octanol–water partition coefficient (Wildman–Crippen LogP) is 3.66. The molecule has 0 aliphatic carbocycles. The van der Waals surface area contributed by atoms with Crippen molar-refractivity contribution in [3.63, 3.8) is 0 Å². The van der Waals surface area contributed by atoms with Crippen molar-refractivity contribution in [2.45, 2.75) is 26.0 Å². The Kier molecular flexibility index (Phi) is 6.03. The van der Waals surface area contributed by atoms with E-state index in [2.05, 4.69) is 20.3 Å². The molecule has 1 aliphatic heterocycles. The number of aryl methyl sites for hydroxylation is 1. The molecule has 3 heterocycles. The predicted molar refractivity (Wildman–Crippen MR) is 110 cm³/mol. The molecule has 1 N–H and O–H groups in total. The van der Waals surface area contributed by atoms with E-state index in [0.29, 0.717) is 34.6 Å². The maximum absolute atomic E-state index is 12.8. The summed E-state index contributed by atoms with van der Waals surface area (Å²) in [5.41, 5.74) is 2.76. The Balaban J connectivity index is 1.56. The molecule has 0 spiro atoms. The number of hydrogen-bond donors (Lipinski definition) is 1. The maximum atomic E-state index is 12.8. The van der Waals surface area contributed by atoms with Crippen LogP contribution < -0.4 is 10.1 Å². The molecule has 29 heavy (non-hydrogen) atoms. The summed E-state index contributed by atoms with van der Waals surface area (Å²) in [5, 5.41) is 3.60. The zero-order chi connectivity index (χ0) is 20.2. The van der Waals surface area contributed by atoms with Gasteiger partial charge in [0.15, 0.2) is 0 Å². The zero-order valence-corrected chi connectivity index (χ0v) is 17.3. The molecule has 2 aromatic heterocycles. The summed E-state index contributed by atoms with van der Waals surface area (Å²) in [7, 11) is 0. The fraction of sp³-hybridized carbons (Fsp3) is 0.300. The summed E-state index contributed by atoms with van der Waals surface area (Å²) < 4.78 is 12.0. The van der Waals surface area contributed by atoms with Gasteiger partial charge in [-0.2, -0.15) is 0 Å². The van der Waals surface area contributed by atoms with Crippen LogP contribution in [0.1, 0.15) is 28.2 Å². The molecule has 150 valence electrons. The van der Waals surface area contributed by atoms with Gasteiger partial charge in [0.1, 0.15) is 21.2 Å².